The first kappa shape index (κ1) is 12.3. The van der Waals surface area contributed by atoms with Gasteiger partial charge in [0.15, 0.2) is 0 Å². The van der Waals surface area contributed by atoms with Crippen molar-refractivity contribution < 1.29 is 26.3 Å². The van der Waals surface area contributed by atoms with Gasteiger partial charge < -0.3 is 0 Å². The number of aromatic nitrogens is 1. The van der Waals surface area contributed by atoms with Crippen LogP contribution < -0.4 is 0 Å². The third-order valence-corrected chi connectivity index (χ3v) is 1.67. The van der Waals surface area contributed by atoms with Crippen LogP contribution in [0.3, 0.4) is 0 Å². The van der Waals surface area contributed by atoms with Crippen LogP contribution in [0, 0.1) is 11.3 Å². The molecule has 0 N–H and O–H groups in total. The number of nitrogens with zero attached hydrogens (tertiary/aromatic N) is 2. The third kappa shape index (κ3) is 2.24. The zero-order valence-electron chi connectivity index (χ0n) is 7.32. The Bertz CT molecular complexity index is 407. The number of hydrogen-bond acceptors (Lipinski definition) is 2. The molecule has 0 aliphatic rings. The molecule has 0 radical (unpaired) electrons. The van der Waals surface area contributed by atoms with Crippen molar-refractivity contribution >= 4 is 0 Å². The summed E-state index contributed by atoms with van der Waals surface area (Å²) in [6.07, 6.45) is -9.71. The Morgan fingerprint density at radius 3 is 1.56 bits per heavy atom. The zero-order chi connectivity index (χ0) is 12.6. The molecule has 0 aliphatic heterocycles. The molecule has 0 spiro atoms. The molecule has 0 bridgehead atoms. The number of hydrogen-bond donors (Lipinski definition) is 0. The lowest BCUT2D eigenvalue weighted by molar-refractivity contribution is -0.143. The molecular weight excluding hydrogens is 238 g/mol. The van der Waals surface area contributed by atoms with Gasteiger partial charge in [0.2, 0.25) is 0 Å². The third-order valence-electron chi connectivity index (χ3n) is 1.67. The van der Waals surface area contributed by atoms with Gasteiger partial charge in [0.1, 0.15) is 6.07 Å². The monoisotopic (exact) mass is 240 g/mol. The summed E-state index contributed by atoms with van der Waals surface area (Å²) in [6.45, 7) is 0. The van der Waals surface area contributed by atoms with Crippen molar-refractivity contribution in [3.8, 4) is 6.07 Å². The van der Waals surface area contributed by atoms with Gasteiger partial charge in [-0.05, 0) is 0 Å². The Balaban J connectivity index is 3.53. The van der Waals surface area contributed by atoms with E-state index in [1.807, 2.05) is 0 Å². The maximum Gasteiger partial charge on any atom is 0.419 e. The first-order valence-corrected chi connectivity index (χ1v) is 3.70. The Morgan fingerprint density at radius 1 is 0.938 bits per heavy atom. The predicted octanol–water partition coefficient (Wildman–Crippen LogP) is 2.99. The van der Waals surface area contributed by atoms with Gasteiger partial charge in [-0.15, -0.1) is 0 Å². The lowest BCUT2D eigenvalue weighted by Gasteiger charge is -2.13. The summed E-state index contributed by atoms with van der Waals surface area (Å²) in [4.78, 5) is 2.84. The molecule has 0 aromatic carbocycles. The average molecular weight is 240 g/mol. The zero-order valence-corrected chi connectivity index (χ0v) is 7.32. The minimum Gasteiger partial charge on any atom is -0.263 e. The summed E-state index contributed by atoms with van der Waals surface area (Å²) in [5.41, 5.74) is -4.84. The normalized spacial score (nSPS) is 12.3. The van der Waals surface area contributed by atoms with Gasteiger partial charge in [-0.2, -0.15) is 31.6 Å². The highest BCUT2D eigenvalue weighted by Gasteiger charge is 2.41. The van der Waals surface area contributed by atoms with Crippen LogP contribution in [-0.2, 0) is 12.4 Å². The van der Waals surface area contributed by atoms with Gasteiger partial charge in [0, 0.05) is 12.4 Å². The van der Waals surface area contributed by atoms with E-state index < -0.39 is 29.0 Å². The van der Waals surface area contributed by atoms with Crippen LogP contribution in [0.1, 0.15) is 16.7 Å². The SMILES string of the molecule is N#Cc1c(C(F)(F)F)cncc1C(F)(F)F. The van der Waals surface area contributed by atoms with Crippen LogP contribution in [0.25, 0.3) is 0 Å². The van der Waals surface area contributed by atoms with Gasteiger partial charge in [-0.1, -0.05) is 0 Å². The molecule has 0 aliphatic carbocycles. The fourth-order valence-electron chi connectivity index (χ4n) is 1.01. The van der Waals surface area contributed by atoms with Gasteiger partial charge in [0.25, 0.3) is 0 Å². The van der Waals surface area contributed by atoms with Gasteiger partial charge in [-0.3, -0.25) is 4.98 Å². The van der Waals surface area contributed by atoms with Crippen molar-refractivity contribution in [1.82, 2.24) is 4.98 Å². The molecule has 0 amide bonds. The Hall–Kier alpha value is -1.78. The fraction of sp³-hybridized carbons (Fsp3) is 0.250. The molecule has 0 atom stereocenters. The lowest BCUT2D eigenvalue weighted by atomic mass is 10.1. The van der Waals surface area contributed by atoms with Crippen molar-refractivity contribution in [3.63, 3.8) is 0 Å². The largest absolute Gasteiger partial charge is 0.419 e. The Labute approximate surface area is 85.1 Å². The number of halogens is 6. The van der Waals surface area contributed by atoms with E-state index in [0.717, 1.165) is 6.07 Å². The van der Waals surface area contributed by atoms with Crippen LogP contribution in [0.4, 0.5) is 26.3 Å². The standard InChI is InChI=1S/C8H2F6N2/c9-7(10,11)5-2-16-3-6(4(5)1-15)8(12,13)14/h2-3H. The highest BCUT2D eigenvalue weighted by Crippen LogP contribution is 2.37. The number of rotatable bonds is 0. The molecule has 0 saturated heterocycles. The topological polar surface area (TPSA) is 36.7 Å². The van der Waals surface area contributed by atoms with Crippen molar-refractivity contribution in [2.24, 2.45) is 0 Å². The van der Waals surface area contributed by atoms with E-state index in [4.69, 9.17) is 5.26 Å². The van der Waals surface area contributed by atoms with Gasteiger partial charge in [0.05, 0.1) is 16.7 Å². The molecule has 0 unspecified atom stereocenters. The van der Waals surface area contributed by atoms with Crippen molar-refractivity contribution in [1.29, 1.82) is 5.26 Å². The maximum absolute atomic E-state index is 12.2. The van der Waals surface area contributed by atoms with Crippen LogP contribution in [0.2, 0.25) is 0 Å². The molecule has 16 heavy (non-hydrogen) atoms. The molecule has 0 saturated carbocycles. The van der Waals surface area contributed by atoms with Crippen molar-refractivity contribution in [2.75, 3.05) is 0 Å². The van der Waals surface area contributed by atoms with E-state index in [1.54, 1.807) is 0 Å². The summed E-state index contributed by atoms with van der Waals surface area (Å²) >= 11 is 0. The predicted molar refractivity (Wildman–Crippen MR) is 39.0 cm³/mol. The maximum atomic E-state index is 12.2. The van der Waals surface area contributed by atoms with Gasteiger partial charge >= 0.3 is 12.4 Å². The van der Waals surface area contributed by atoms with E-state index in [9.17, 15) is 26.3 Å². The second kappa shape index (κ2) is 3.66. The highest BCUT2D eigenvalue weighted by atomic mass is 19.4. The highest BCUT2D eigenvalue weighted by molar-refractivity contribution is 5.44. The summed E-state index contributed by atoms with van der Waals surface area (Å²) in [7, 11) is 0. The Kier molecular flexibility index (Phi) is 2.81. The Morgan fingerprint density at radius 2 is 1.31 bits per heavy atom. The van der Waals surface area contributed by atoms with Crippen molar-refractivity contribution in [2.45, 2.75) is 12.4 Å². The average Bonchev–Trinajstić information content (AvgIpc) is 2.13. The van der Waals surface area contributed by atoms with Crippen LogP contribution in [0.15, 0.2) is 12.4 Å². The van der Waals surface area contributed by atoms with Crippen LogP contribution >= 0.6 is 0 Å². The van der Waals surface area contributed by atoms with Crippen LogP contribution in [0.5, 0.6) is 0 Å². The minimum atomic E-state index is -5.04. The molecule has 1 heterocycles. The summed E-state index contributed by atoms with van der Waals surface area (Å²) in [5.74, 6) is 0. The molecule has 0 fully saturated rings. The second-order valence-electron chi connectivity index (χ2n) is 2.72. The first-order valence-electron chi connectivity index (χ1n) is 3.70. The van der Waals surface area contributed by atoms with E-state index in [2.05, 4.69) is 4.98 Å². The first-order chi connectivity index (χ1) is 7.18. The number of pyridine rings is 1. The van der Waals surface area contributed by atoms with Gasteiger partial charge in [-0.25, -0.2) is 0 Å². The molecule has 2 nitrogen and oxygen atoms in total. The second-order valence-corrected chi connectivity index (χ2v) is 2.72. The smallest absolute Gasteiger partial charge is 0.263 e. The van der Waals surface area contributed by atoms with Crippen molar-refractivity contribution in [3.05, 3.63) is 29.1 Å². The van der Waals surface area contributed by atoms with Crippen LogP contribution in [-0.4, -0.2) is 4.98 Å². The summed E-state index contributed by atoms with van der Waals surface area (Å²) in [5, 5.41) is 8.35. The van der Waals surface area contributed by atoms with E-state index in [0.29, 0.717) is 0 Å². The molecule has 1 aromatic heterocycles. The van der Waals surface area contributed by atoms with E-state index >= 15 is 0 Å². The number of nitriles is 1. The molecular formula is C8H2F6N2. The lowest BCUT2D eigenvalue weighted by Crippen LogP contribution is -2.15. The molecule has 86 valence electrons. The fourth-order valence-corrected chi connectivity index (χ4v) is 1.01. The van der Waals surface area contributed by atoms with E-state index in [-0.39, 0.29) is 12.4 Å². The van der Waals surface area contributed by atoms with E-state index in [1.165, 1.54) is 0 Å². The molecule has 1 rings (SSSR count). The summed E-state index contributed by atoms with van der Waals surface area (Å²) in [6, 6.07) is 0.897. The molecule has 8 heteroatoms. The molecule has 1 aromatic rings. The number of alkyl halides is 6. The summed E-state index contributed by atoms with van der Waals surface area (Å²) < 4.78 is 73.5. The minimum absolute atomic E-state index is 0.188. The quantitative estimate of drug-likeness (QED) is 0.653.